The predicted molar refractivity (Wildman–Crippen MR) is 88.1 cm³/mol. The molecular weight excluding hydrogens is 306 g/mol. The summed E-state index contributed by atoms with van der Waals surface area (Å²) >= 11 is 0. The lowest BCUT2D eigenvalue weighted by molar-refractivity contribution is -0.122. The number of nitrogens with one attached hydrogen (secondary N) is 2. The molecule has 1 amide bonds. The first-order valence-corrected chi connectivity index (χ1v) is 8.59. The van der Waals surface area contributed by atoms with Crippen LogP contribution in [0.1, 0.15) is 43.7 Å². The van der Waals surface area contributed by atoms with Crippen molar-refractivity contribution in [3.63, 3.8) is 0 Å². The summed E-state index contributed by atoms with van der Waals surface area (Å²) in [7, 11) is 0. The largest absolute Gasteiger partial charge is 0.454 e. The number of anilines is 1. The minimum atomic E-state index is 0.117. The van der Waals surface area contributed by atoms with E-state index in [4.69, 9.17) is 9.47 Å². The Balaban J connectivity index is 1.52. The summed E-state index contributed by atoms with van der Waals surface area (Å²) in [5, 5.41) is 10.8. The average molecular weight is 325 g/mol. The van der Waals surface area contributed by atoms with Crippen LogP contribution in [0.4, 0.5) is 5.69 Å². The lowest BCUT2D eigenvalue weighted by Gasteiger charge is -2.24. The number of hydrogen-bond donors (Lipinski definition) is 2. The molecule has 2 fully saturated rings. The van der Waals surface area contributed by atoms with Crippen molar-refractivity contribution in [1.82, 2.24) is 10.2 Å². The molecule has 2 aromatic rings. The standard InChI is InChI=1S/C18H19N3O3/c22-18(11-2-1-3-11)19-17-15(10-4-5-10)20-21-16(17)12-6-7-13-14(8-12)24-9-23-13/h6-8,10-11H,1-5,9H2,(H,19,22)(H,20,21). The number of fused-ring (bicyclic) bond motifs is 1. The van der Waals surface area contributed by atoms with E-state index in [1.807, 2.05) is 18.2 Å². The fourth-order valence-corrected chi connectivity index (χ4v) is 3.30. The number of amides is 1. The van der Waals surface area contributed by atoms with E-state index in [1.54, 1.807) is 0 Å². The number of aromatic amines is 1. The molecule has 1 aliphatic heterocycles. The third kappa shape index (κ3) is 2.25. The molecule has 0 bridgehead atoms. The van der Waals surface area contributed by atoms with E-state index in [-0.39, 0.29) is 18.6 Å². The van der Waals surface area contributed by atoms with Gasteiger partial charge >= 0.3 is 0 Å². The van der Waals surface area contributed by atoms with Crippen molar-refractivity contribution in [3.05, 3.63) is 23.9 Å². The molecule has 0 atom stereocenters. The summed E-state index contributed by atoms with van der Waals surface area (Å²) in [5.74, 6) is 2.22. The fraction of sp³-hybridized carbons (Fsp3) is 0.444. The molecule has 2 aliphatic carbocycles. The van der Waals surface area contributed by atoms with E-state index < -0.39 is 0 Å². The third-order valence-electron chi connectivity index (χ3n) is 5.15. The van der Waals surface area contributed by atoms with E-state index in [0.29, 0.717) is 5.92 Å². The maximum atomic E-state index is 12.5. The minimum Gasteiger partial charge on any atom is -0.454 e. The zero-order chi connectivity index (χ0) is 16.1. The summed E-state index contributed by atoms with van der Waals surface area (Å²) in [5.41, 5.74) is 3.60. The Labute approximate surface area is 139 Å². The number of benzene rings is 1. The summed E-state index contributed by atoms with van der Waals surface area (Å²) < 4.78 is 10.8. The molecule has 124 valence electrons. The number of carbonyl (C=O) groups excluding carboxylic acids is 1. The number of carbonyl (C=O) groups is 1. The molecule has 1 aromatic carbocycles. The highest BCUT2D eigenvalue weighted by molar-refractivity contribution is 5.97. The number of nitrogens with zero attached hydrogens (tertiary/aromatic N) is 1. The highest BCUT2D eigenvalue weighted by Gasteiger charge is 2.33. The number of hydrogen-bond acceptors (Lipinski definition) is 4. The topological polar surface area (TPSA) is 76.2 Å². The van der Waals surface area contributed by atoms with Crippen LogP contribution < -0.4 is 14.8 Å². The van der Waals surface area contributed by atoms with E-state index in [1.165, 1.54) is 0 Å². The van der Waals surface area contributed by atoms with Crippen LogP contribution in [-0.2, 0) is 4.79 Å². The lowest BCUT2D eigenvalue weighted by Crippen LogP contribution is -2.28. The predicted octanol–water partition coefficient (Wildman–Crippen LogP) is 3.42. The summed E-state index contributed by atoms with van der Waals surface area (Å²) in [6, 6.07) is 5.77. The average Bonchev–Trinajstić information content (AvgIpc) is 3.11. The van der Waals surface area contributed by atoms with E-state index >= 15 is 0 Å². The molecule has 0 unspecified atom stereocenters. The van der Waals surface area contributed by atoms with Gasteiger partial charge in [-0.25, -0.2) is 0 Å². The van der Waals surface area contributed by atoms with Crippen LogP contribution in [-0.4, -0.2) is 22.9 Å². The Hall–Kier alpha value is -2.50. The number of rotatable bonds is 4. The first kappa shape index (κ1) is 13.9. The normalized spacial score (nSPS) is 19.2. The Bertz CT molecular complexity index is 806. The summed E-state index contributed by atoms with van der Waals surface area (Å²) in [4.78, 5) is 12.5. The van der Waals surface area contributed by atoms with Crippen LogP contribution in [0.2, 0.25) is 0 Å². The molecule has 0 saturated heterocycles. The van der Waals surface area contributed by atoms with Crippen LogP contribution in [0, 0.1) is 5.92 Å². The second kappa shape index (κ2) is 5.26. The van der Waals surface area contributed by atoms with Crippen molar-refractivity contribution >= 4 is 11.6 Å². The van der Waals surface area contributed by atoms with Gasteiger partial charge in [0.15, 0.2) is 11.5 Å². The minimum absolute atomic E-state index is 0.117. The molecule has 6 nitrogen and oxygen atoms in total. The van der Waals surface area contributed by atoms with Gasteiger partial charge in [-0.05, 0) is 43.9 Å². The molecule has 0 radical (unpaired) electrons. The van der Waals surface area contributed by atoms with Crippen LogP contribution >= 0.6 is 0 Å². The summed E-state index contributed by atoms with van der Waals surface area (Å²) in [6.07, 6.45) is 5.42. The van der Waals surface area contributed by atoms with Crippen molar-refractivity contribution < 1.29 is 14.3 Å². The quantitative estimate of drug-likeness (QED) is 0.903. The molecule has 6 heteroatoms. The van der Waals surface area contributed by atoms with Gasteiger partial charge in [-0.1, -0.05) is 6.42 Å². The van der Waals surface area contributed by atoms with Gasteiger partial charge < -0.3 is 14.8 Å². The SMILES string of the molecule is O=C(Nc1c(-c2ccc3c(c2)OCO3)n[nH]c1C1CC1)C1CCC1. The second-order valence-corrected chi connectivity index (χ2v) is 6.82. The van der Waals surface area contributed by atoms with Crippen LogP contribution in [0.3, 0.4) is 0 Å². The van der Waals surface area contributed by atoms with Gasteiger partial charge in [0.05, 0.1) is 11.4 Å². The van der Waals surface area contributed by atoms with Gasteiger partial charge in [-0.3, -0.25) is 9.89 Å². The van der Waals surface area contributed by atoms with Crippen molar-refractivity contribution in [1.29, 1.82) is 0 Å². The van der Waals surface area contributed by atoms with Crippen molar-refractivity contribution in [2.75, 3.05) is 12.1 Å². The molecule has 2 saturated carbocycles. The van der Waals surface area contributed by atoms with Crippen molar-refractivity contribution in [2.24, 2.45) is 5.92 Å². The highest BCUT2D eigenvalue weighted by Crippen LogP contribution is 2.46. The van der Waals surface area contributed by atoms with Crippen LogP contribution in [0.5, 0.6) is 11.5 Å². The maximum absolute atomic E-state index is 12.5. The molecule has 3 aliphatic rings. The monoisotopic (exact) mass is 325 g/mol. The van der Waals surface area contributed by atoms with Gasteiger partial charge in [0.1, 0.15) is 5.69 Å². The van der Waals surface area contributed by atoms with E-state index in [9.17, 15) is 4.79 Å². The fourth-order valence-electron chi connectivity index (χ4n) is 3.30. The Morgan fingerprint density at radius 1 is 1.17 bits per heavy atom. The first-order valence-electron chi connectivity index (χ1n) is 8.59. The lowest BCUT2D eigenvalue weighted by atomic mass is 9.84. The Morgan fingerprint density at radius 3 is 2.75 bits per heavy atom. The van der Waals surface area contributed by atoms with Crippen LogP contribution in [0.15, 0.2) is 18.2 Å². The van der Waals surface area contributed by atoms with Gasteiger partial charge in [-0.2, -0.15) is 5.10 Å². The second-order valence-electron chi connectivity index (χ2n) is 6.82. The zero-order valence-corrected chi connectivity index (χ0v) is 13.3. The van der Waals surface area contributed by atoms with E-state index in [2.05, 4.69) is 15.5 Å². The first-order chi connectivity index (χ1) is 11.8. The van der Waals surface area contributed by atoms with Gasteiger partial charge in [-0.15, -0.1) is 0 Å². The smallest absolute Gasteiger partial charge is 0.231 e. The molecule has 2 N–H and O–H groups in total. The van der Waals surface area contributed by atoms with Crippen LogP contribution in [0.25, 0.3) is 11.3 Å². The highest BCUT2D eigenvalue weighted by atomic mass is 16.7. The number of ether oxygens (including phenoxy) is 2. The third-order valence-corrected chi connectivity index (χ3v) is 5.15. The molecule has 5 rings (SSSR count). The van der Waals surface area contributed by atoms with Crippen molar-refractivity contribution in [3.8, 4) is 22.8 Å². The van der Waals surface area contributed by atoms with Gasteiger partial charge in [0.25, 0.3) is 0 Å². The van der Waals surface area contributed by atoms with Gasteiger partial charge in [0, 0.05) is 17.4 Å². The molecule has 24 heavy (non-hydrogen) atoms. The molecular formula is C18H19N3O3. The Morgan fingerprint density at radius 2 is 2.00 bits per heavy atom. The number of H-pyrrole nitrogens is 1. The van der Waals surface area contributed by atoms with E-state index in [0.717, 1.165) is 66.2 Å². The maximum Gasteiger partial charge on any atom is 0.231 e. The molecule has 1 aromatic heterocycles. The Kier molecular flexibility index (Phi) is 3.04. The zero-order valence-electron chi connectivity index (χ0n) is 13.3. The van der Waals surface area contributed by atoms with Crippen molar-refractivity contribution in [2.45, 2.75) is 38.0 Å². The molecule has 0 spiro atoms. The number of aromatic nitrogens is 2. The summed E-state index contributed by atoms with van der Waals surface area (Å²) in [6.45, 7) is 0.248. The van der Waals surface area contributed by atoms with Gasteiger partial charge in [0.2, 0.25) is 12.7 Å². The molecule has 2 heterocycles.